The first-order valence-corrected chi connectivity index (χ1v) is 10.5. The molecule has 0 aliphatic carbocycles. The average Bonchev–Trinajstić information content (AvgIpc) is 2.96. The summed E-state index contributed by atoms with van der Waals surface area (Å²) in [4.78, 5) is 21.1. The maximum Gasteiger partial charge on any atom is 0.272 e. The summed E-state index contributed by atoms with van der Waals surface area (Å²) in [6, 6.07) is 3.56. The Balaban J connectivity index is 1.78. The molecular formula is C17H25N3O3S. The van der Waals surface area contributed by atoms with E-state index in [1.54, 1.807) is 11.1 Å². The van der Waals surface area contributed by atoms with Crippen molar-refractivity contribution >= 4 is 21.4 Å². The Morgan fingerprint density at radius 3 is 2.71 bits per heavy atom. The van der Waals surface area contributed by atoms with Crippen LogP contribution < -0.4 is 4.90 Å². The quantitative estimate of drug-likeness (QED) is 0.826. The topological polar surface area (TPSA) is 70.6 Å². The fraction of sp³-hybridized carbons (Fsp3) is 0.647. The van der Waals surface area contributed by atoms with Crippen LogP contribution in [0.1, 0.15) is 43.1 Å². The van der Waals surface area contributed by atoms with Crippen LogP contribution in [0.5, 0.6) is 0 Å². The van der Waals surface area contributed by atoms with Gasteiger partial charge in [-0.15, -0.1) is 0 Å². The van der Waals surface area contributed by atoms with E-state index in [9.17, 15) is 13.2 Å². The molecule has 1 unspecified atom stereocenters. The van der Waals surface area contributed by atoms with Gasteiger partial charge in [0.25, 0.3) is 5.91 Å². The largest absolute Gasteiger partial charge is 0.371 e. The number of pyridine rings is 1. The highest BCUT2D eigenvalue weighted by Gasteiger charge is 2.34. The predicted molar refractivity (Wildman–Crippen MR) is 94.1 cm³/mol. The number of amides is 1. The molecule has 3 rings (SSSR count). The van der Waals surface area contributed by atoms with Crippen molar-refractivity contribution in [3.05, 3.63) is 24.0 Å². The van der Waals surface area contributed by atoms with E-state index in [0.29, 0.717) is 18.7 Å². The molecule has 0 bridgehead atoms. The Kier molecular flexibility index (Phi) is 5.08. The van der Waals surface area contributed by atoms with Crippen molar-refractivity contribution in [3.63, 3.8) is 0 Å². The third-order valence-corrected chi connectivity index (χ3v) is 6.68. The Bertz CT molecular complexity index is 699. The summed E-state index contributed by atoms with van der Waals surface area (Å²) in [5, 5.41) is 0. The molecule has 1 atom stereocenters. The molecule has 1 amide bonds. The van der Waals surface area contributed by atoms with E-state index in [4.69, 9.17) is 0 Å². The number of carbonyl (C=O) groups is 1. The van der Waals surface area contributed by atoms with Gasteiger partial charge in [0.05, 0.1) is 11.5 Å². The van der Waals surface area contributed by atoms with Crippen LogP contribution in [0, 0.1) is 0 Å². The summed E-state index contributed by atoms with van der Waals surface area (Å²) in [6.45, 7) is 4.40. The standard InChI is InChI=1S/C17H25N3O3S/c1-2-20(15-7-11-24(22,23)13-15)17(21)16-12-14(6-8-18-16)19-9-4-3-5-10-19/h6,8,12,15H,2-5,7,9-11,13H2,1H3. The van der Waals surface area contributed by atoms with Gasteiger partial charge in [0.15, 0.2) is 9.84 Å². The molecule has 0 aromatic carbocycles. The lowest BCUT2D eigenvalue weighted by Gasteiger charge is -2.30. The van der Waals surface area contributed by atoms with Gasteiger partial charge in [0.1, 0.15) is 5.69 Å². The highest BCUT2D eigenvalue weighted by molar-refractivity contribution is 7.91. The zero-order chi connectivity index (χ0) is 17.2. The third-order valence-electron chi connectivity index (χ3n) is 4.93. The van der Waals surface area contributed by atoms with Crippen molar-refractivity contribution in [2.24, 2.45) is 0 Å². The second kappa shape index (κ2) is 7.09. The summed E-state index contributed by atoms with van der Waals surface area (Å²) < 4.78 is 23.4. The molecule has 0 radical (unpaired) electrons. The molecular weight excluding hydrogens is 326 g/mol. The van der Waals surface area contributed by atoms with E-state index in [-0.39, 0.29) is 23.5 Å². The van der Waals surface area contributed by atoms with E-state index in [1.165, 1.54) is 19.3 Å². The van der Waals surface area contributed by atoms with E-state index in [0.717, 1.165) is 18.8 Å². The van der Waals surface area contributed by atoms with Gasteiger partial charge in [-0.25, -0.2) is 8.42 Å². The zero-order valence-corrected chi connectivity index (χ0v) is 15.0. The van der Waals surface area contributed by atoms with Gasteiger partial charge < -0.3 is 9.80 Å². The molecule has 0 spiro atoms. The fourth-order valence-corrected chi connectivity index (χ4v) is 5.35. The monoisotopic (exact) mass is 351 g/mol. The number of piperidine rings is 1. The number of hydrogen-bond acceptors (Lipinski definition) is 5. The molecule has 1 aromatic rings. The molecule has 2 fully saturated rings. The van der Waals surface area contributed by atoms with Gasteiger partial charge in [-0.05, 0) is 44.7 Å². The summed E-state index contributed by atoms with van der Waals surface area (Å²) >= 11 is 0. The smallest absolute Gasteiger partial charge is 0.272 e. The minimum atomic E-state index is -3.01. The van der Waals surface area contributed by atoms with Gasteiger partial charge in [-0.2, -0.15) is 0 Å². The van der Waals surface area contributed by atoms with Gasteiger partial charge >= 0.3 is 0 Å². The SMILES string of the molecule is CCN(C(=O)c1cc(N2CCCCC2)ccn1)C1CCS(=O)(=O)C1. The fourth-order valence-electron chi connectivity index (χ4n) is 3.62. The molecule has 6 nitrogen and oxygen atoms in total. The van der Waals surface area contributed by atoms with Gasteiger partial charge in [0.2, 0.25) is 0 Å². The zero-order valence-electron chi connectivity index (χ0n) is 14.1. The summed E-state index contributed by atoms with van der Waals surface area (Å²) in [5.74, 6) is 0.0691. The minimum Gasteiger partial charge on any atom is -0.371 e. The first-order valence-electron chi connectivity index (χ1n) is 8.72. The van der Waals surface area contributed by atoms with Crippen LogP contribution in [0.2, 0.25) is 0 Å². The number of carbonyl (C=O) groups excluding carboxylic acids is 1. The Hall–Kier alpha value is -1.63. The van der Waals surface area contributed by atoms with E-state index >= 15 is 0 Å². The maximum absolute atomic E-state index is 12.9. The highest BCUT2D eigenvalue weighted by atomic mass is 32.2. The molecule has 2 aliphatic heterocycles. The Labute approximate surface area is 143 Å². The van der Waals surface area contributed by atoms with Crippen LogP contribution in [0.15, 0.2) is 18.3 Å². The summed E-state index contributed by atoms with van der Waals surface area (Å²) in [5.41, 5.74) is 1.44. The van der Waals surface area contributed by atoms with Crippen molar-refractivity contribution in [1.82, 2.24) is 9.88 Å². The van der Waals surface area contributed by atoms with Crippen LogP contribution in [0.4, 0.5) is 5.69 Å². The van der Waals surface area contributed by atoms with Gasteiger partial charge in [0, 0.05) is 37.6 Å². The molecule has 0 saturated carbocycles. The number of hydrogen-bond donors (Lipinski definition) is 0. The summed E-state index contributed by atoms with van der Waals surface area (Å²) in [6.07, 6.45) is 5.80. The van der Waals surface area contributed by atoms with Crippen LogP contribution >= 0.6 is 0 Å². The van der Waals surface area contributed by atoms with Crippen LogP contribution in [0.25, 0.3) is 0 Å². The van der Waals surface area contributed by atoms with Gasteiger partial charge in [-0.1, -0.05) is 0 Å². The van der Waals surface area contributed by atoms with Crippen LogP contribution in [-0.4, -0.2) is 61.4 Å². The van der Waals surface area contributed by atoms with Crippen LogP contribution in [-0.2, 0) is 9.84 Å². The molecule has 132 valence electrons. The van der Waals surface area contributed by atoms with E-state index < -0.39 is 9.84 Å². The lowest BCUT2D eigenvalue weighted by atomic mass is 10.1. The molecule has 0 N–H and O–H groups in total. The number of anilines is 1. The highest BCUT2D eigenvalue weighted by Crippen LogP contribution is 2.23. The maximum atomic E-state index is 12.9. The number of aromatic nitrogens is 1. The first kappa shape index (κ1) is 17.2. The number of rotatable bonds is 4. The Morgan fingerprint density at radius 2 is 2.08 bits per heavy atom. The van der Waals surface area contributed by atoms with Crippen molar-refractivity contribution in [3.8, 4) is 0 Å². The second-order valence-electron chi connectivity index (χ2n) is 6.60. The molecule has 2 saturated heterocycles. The lowest BCUT2D eigenvalue weighted by molar-refractivity contribution is 0.0702. The number of sulfone groups is 1. The predicted octanol–water partition coefficient (Wildman–Crippen LogP) is 1.72. The third kappa shape index (κ3) is 3.71. The van der Waals surface area contributed by atoms with Crippen molar-refractivity contribution in [2.75, 3.05) is 36.0 Å². The van der Waals surface area contributed by atoms with Crippen LogP contribution in [0.3, 0.4) is 0 Å². The molecule has 3 heterocycles. The Morgan fingerprint density at radius 1 is 1.33 bits per heavy atom. The minimum absolute atomic E-state index is 0.0679. The summed E-state index contributed by atoms with van der Waals surface area (Å²) in [7, 11) is -3.01. The second-order valence-corrected chi connectivity index (χ2v) is 8.82. The normalized spacial score (nSPS) is 23.2. The van der Waals surface area contributed by atoms with Crippen molar-refractivity contribution in [1.29, 1.82) is 0 Å². The molecule has 7 heteroatoms. The molecule has 2 aliphatic rings. The van der Waals surface area contributed by atoms with E-state index in [1.807, 2.05) is 19.1 Å². The van der Waals surface area contributed by atoms with Crippen molar-refractivity contribution in [2.45, 2.75) is 38.6 Å². The molecule has 24 heavy (non-hydrogen) atoms. The van der Waals surface area contributed by atoms with E-state index in [2.05, 4.69) is 9.88 Å². The lowest BCUT2D eigenvalue weighted by Crippen LogP contribution is -2.41. The molecule has 1 aromatic heterocycles. The first-order chi connectivity index (χ1) is 11.5. The number of nitrogens with zero attached hydrogens (tertiary/aromatic N) is 3. The van der Waals surface area contributed by atoms with Gasteiger partial charge in [-0.3, -0.25) is 9.78 Å². The van der Waals surface area contributed by atoms with Crippen molar-refractivity contribution < 1.29 is 13.2 Å². The average molecular weight is 351 g/mol.